The van der Waals surface area contributed by atoms with Gasteiger partial charge in [-0.1, -0.05) is 26.8 Å². The molecule has 7 heteroatoms. The minimum atomic E-state index is 0.0414. The second-order valence-electron chi connectivity index (χ2n) is 8.87. The number of hydrogen-bond donors (Lipinski definition) is 0. The molecule has 1 aliphatic carbocycles. The molecule has 3 aliphatic heterocycles. The zero-order valence-corrected chi connectivity index (χ0v) is 18.9. The molecular formula is C24H26N5OP. The van der Waals surface area contributed by atoms with E-state index in [1.165, 1.54) is 24.0 Å². The summed E-state index contributed by atoms with van der Waals surface area (Å²) in [5.74, 6) is 0.119. The molecule has 158 valence electrons. The van der Waals surface area contributed by atoms with Gasteiger partial charge in [0.05, 0.1) is 34.6 Å². The molecular weight excluding hydrogens is 405 g/mol. The average Bonchev–Trinajstić information content (AvgIpc) is 3.52. The first-order chi connectivity index (χ1) is 15.0. The normalized spacial score (nSPS) is 25.0. The fourth-order valence-corrected chi connectivity index (χ4v) is 6.09. The number of carbonyl (C=O) groups is 1. The summed E-state index contributed by atoms with van der Waals surface area (Å²) in [4.78, 5) is 22.0. The average molecular weight is 431 g/mol. The highest BCUT2D eigenvalue weighted by molar-refractivity contribution is 7.51. The van der Waals surface area contributed by atoms with Gasteiger partial charge in [-0.3, -0.25) is 14.7 Å². The number of hydrogen-bond acceptors (Lipinski definition) is 4. The number of aromatic nitrogens is 3. The summed E-state index contributed by atoms with van der Waals surface area (Å²) < 4.78 is 1.88. The van der Waals surface area contributed by atoms with Crippen LogP contribution in [0, 0.1) is 13.8 Å². The van der Waals surface area contributed by atoms with Gasteiger partial charge in [0, 0.05) is 36.7 Å². The summed E-state index contributed by atoms with van der Waals surface area (Å²) in [5, 5.41) is 5.76. The van der Waals surface area contributed by atoms with Crippen LogP contribution in [-0.2, 0) is 4.79 Å². The molecule has 0 bridgehead atoms. The van der Waals surface area contributed by atoms with Crippen LogP contribution in [0.3, 0.4) is 0 Å². The maximum Gasteiger partial charge on any atom is 0.252 e. The van der Waals surface area contributed by atoms with Crippen LogP contribution in [0.2, 0.25) is 0 Å². The first-order valence-corrected chi connectivity index (χ1v) is 12.1. The largest absolute Gasteiger partial charge is 0.304 e. The number of carbonyl (C=O) groups excluding carboxylic acids is 1. The topological polar surface area (TPSA) is 53.7 Å². The van der Waals surface area contributed by atoms with Crippen molar-refractivity contribution in [1.82, 2.24) is 24.4 Å². The minimum Gasteiger partial charge on any atom is -0.304 e. The Morgan fingerprint density at radius 3 is 2.87 bits per heavy atom. The number of nitrogens with zero attached hydrogens (tertiary/aromatic N) is 5. The van der Waals surface area contributed by atoms with Crippen LogP contribution in [0.1, 0.15) is 36.3 Å². The smallest absolute Gasteiger partial charge is 0.252 e. The van der Waals surface area contributed by atoms with Gasteiger partial charge in [-0.25, -0.2) is 4.52 Å². The molecule has 6 rings (SSSR count). The van der Waals surface area contributed by atoms with Crippen molar-refractivity contribution in [1.29, 1.82) is 0 Å². The lowest BCUT2D eigenvalue weighted by atomic mass is 9.98. The van der Waals surface area contributed by atoms with E-state index in [0.717, 1.165) is 53.5 Å². The first kappa shape index (κ1) is 19.1. The zero-order chi connectivity index (χ0) is 21.1. The van der Waals surface area contributed by atoms with E-state index in [1.807, 2.05) is 29.5 Å². The molecule has 2 aromatic rings. The number of fused-ring (bicyclic) bond motifs is 2. The molecule has 1 amide bonds. The Hall–Kier alpha value is -2.56. The van der Waals surface area contributed by atoms with Crippen LogP contribution in [-0.4, -0.2) is 55.2 Å². The Kier molecular flexibility index (Phi) is 4.48. The first-order valence-electron chi connectivity index (χ1n) is 11.0. The molecule has 0 spiro atoms. The SMILES string of the molecule is Cc1cn2nc(C3=CC(=O)N4C=C(C5=CCN(C6CC6)CC5)C=CC4P3)cc2c(C)n1. The van der Waals surface area contributed by atoms with E-state index in [0.29, 0.717) is 8.58 Å². The molecule has 0 saturated heterocycles. The van der Waals surface area contributed by atoms with Gasteiger partial charge in [0.1, 0.15) is 0 Å². The Morgan fingerprint density at radius 2 is 2.10 bits per heavy atom. The zero-order valence-electron chi connectivity index (χ0n) is 17.9. The quantitative estimate of drug-likeness (QED) is 0.694. The lowest BCUT2D eigenvalue weighted by Gasteiger charge is -2.34. The van der Waals surface area contributed by atoms with E-state index < -0.39 is 0 Å². The van der Waals surface area contributed by atoms with Gasteiger partial charge in [-0.15, -0.1) is 0 Å². The van der Waals surface area contributed by atoms with E-state index in [2.05, 4.69) is 40.4 Å². The molecule has 0 N–H and O–H groups in total. The third kappa shape index (κ3) is 3.48. The molecule has 2 atom stereocenters. The highest BCUT2D eigenvalue weighted by Gasteiger charge is 2.32. The maximum absolute atomic E-state index is 13.0. The van der Waals surface area contributed by atoms with Crippen LogP contribution in [0.5, 0.6) is 0 Å². The molecule has 0 aromatic carbocycles. The lowest BCUT2D eigenvalue weighted by molar-refractivity contribution is -0.123. The van der Waals surface area contributed by atoms with E-state index in [-0.39, 0.29) is 11.7 Å². The van der Waals surface area contributed by atoms with Gasteiger partial charge in [0.15, 0.2) is 0 Å². The molecule has 2 unspecified atom stereocenters. The van der Waals surface area contributed by atoms with Crippen LogP contribution in [0.4, 0.5) is 0 Å². The fraction of sp³-hybridized carbons (Fsp3) is 0.375. The van der Waals surface area contributed by atoms with Crippen molar-refractivity contribution in [2.75, 3.05) is 13.1 Å². The van der Waals surface area contributed by atoms with Gasteiger partial charge in [-0.2, -0.15) is 5.10 Å². The van der Waals surface area contributed by atoms with Crippen LogP contribution < -0.4 is 0 Å². The van der Waals surface area contributed by atoms with E-state index in [4.69, 9.17) is 5.10 Å². The van der Waals surface area contributed by atoms with Crippen molar-refractivity contribution >= 4 is 25.3 Å². The van der Waals surface area contributed by atoms with Crippen molar-refractivity contribution in [2.45, 2.75) is 44.9 Å². The third-order valence-corrected chi connectivity index (χ3v) is 8.05. The van der Waals surface area contributed by atoms with Crippen molar-refractivity contribution in [3.8, 4) is 0 Å². The van der Waals surface area contributed by atoms with Crippen molar-refractivity contribution in [3.05, 3.63) is 71.0 Å². The Labute approximate surface area is 183 Å². The van der Waals surface area contributed by atoms with E-state index >= 15 is 0 Å². The van der Waals surface area contributed by atoms with Gasteiger partial charge >= 0.3 is 0 Å². The van der Waals surface area contributed by atoms with Gasteiger partial charge in [0.25, 0.3) is 5.91 Å². The minimum absolute atomic E-state index is 0.0414. The van der Waals surface area contributed by atoms with Crippen LogP contribution in [0.25, 0.3) is 10.8 Å². The predicted octanol–water partition coefficient (Wildman–Crippen LogP) is 3.78. The van der Waals surface area contributed by atoms with Gasteiger partial charge in [-0.05, 0) is 50.3 Å². The highest BCUT2D eigenvalue weighted by Crippen LogP contribution is 2.45. The standard InChI is InChI=1S/C24H26N5OP/c1-15-13-29-21(16(2)25-15)11-20(26-29)22-12-23(30)28-14-18(3-6-24(28)31-22)17-7-9-27(10-8-17)19-4-5-19/h3,6-7,11-14,19,24,31H,4-5,8-10H2,1-2H3. The van der Waals surface area contributed by atoms with Crippen molar-refractivity contribution in [3.63, 3.8) is 0 Å². The Balaban J connectivity index is 1.25. The van der Waals surface area contributed by atoms with Gasteiger partial charge in [0.2, 0.25) is 0 Å². The summed E-state index contributed by atoms with van der Waals surface area (Å²) in [7, 11) is 0.475. The summed E-state index contributed by atoms with van der Waals surface area (Å²) in [6, 6.07) is 2.87. The monoisotopic (exact) mass is 431 g/mol. The summed E-state index contributed by atoms with van der Waals surface area (Å²) in [6.45, 7) is 6.14. The second-order valence-corrected chi connectivity index (χ2v) is 10.3. The summed E-state index contributed by atoms with van der Waals surface area (Å²) in [5.41, 5.74) is 6.32. The Morgan fingerprint density at radius 1 is 1.23 bits per heavy atom. The molecule has 31 heavy (non-hydrogen) atoms. The molecule has 6 nitrogen and oxygen atoms in total. The summed E-state index contributed by atoms with van der Waals surface area (Å²) in [6.07, 6.45) is 16.3. The molecule has 1 fully saturated rings. The number of rotatable bonds is 3. The Bertz CT molecular complexity index is 1220. The van der Waals surface area contributed by atoms with Crippen LogP contribution >= 0.6 is 8.58 Å². The van der Waals surface area contributed by atoms with E-state index in [9.17, 15) is 4.79 Å². The number of allylic oxidation sites excluding steroid dienone is 2. The fourth-order valence-electron chi connectivity index (χ4n) is 4.76. The molecule has 1 saturated carbocycles. The molecule has 0 radical (unpaired) electrons. The predicted molar refractivity (Wildman–Crippen MR) is 124 cm³/mol. The maximum atomic E-state index is 13.0. The van der Waals surface area contributed by atoms with E-state index in [1.54, 1.807) is 6.08 Å². The third-order valence-electron chi connectivity index (χ3n) is 6.57. The molecule has 2 aromatic heterocycles. The number of aryl methyl sites for hydroxylation is 2. The van der Waals surface area contributed by atoms with Crippen molar-refractivity contribution < 1.29 is 4.79 Å². The molecule has 5 heterocycles. The van der Waals surface area contributed by atoms with Crippen molar-refractivity contribution in [2.24, 2.45) is 0 Å². The highest BCUT2D eigenvalue weighted by atomic mass is 31.1. The lowest BCUT2D eigenvalue weighted by Crippen LogP contribution is -2.36. The second kappa shape index (κ2) is 7.25. The molecule has 4 aliphatic rings. The van der Waals surface area contributed by atoms with Crippen LogP contribution in [0.15, 0.2) is 53.9 Å². The number of amides is 1. The summed E-state index contributed by atoms with van der Waals surface area (Å²) >= 11 is 0. The van der Waals surface area contributed by atoms with Gasteiger partial charge < -0.3 is 4.90 Å².